The van der Waals surface area contributed by atoms with Crippen molar-refractivity contribution in [2.45, 2.75) is 39.0 Å². The maximum absolute atomic E-state index is 4.31. The third kappa shape index (κ3) is 6.88. The highest BCUT2D eigenvalue weighted by molar-refractivity contribution is 14.0. The van der Waals surface area contributed by atoms with Crippen molar-refractivity contribution in [1.29, 1.82) is 0 Å². The number of aromatic nitrogens is 3. The van der Waals surface area contributed by atoms with Crippen molar-refractivity contribution in [3.05, 3.63) is 30.2 Å². The van der Waals surface area contributed by atoms with Crippen LogP contribution in [0.15, 0.2) is 29.4 Å². The molecule has 0 aromatic carbocycles. The molecule has 28 heavy (non-hydrogen) atoms. The summed E-state index contributed by atoms with van der Waals surface area (Å²) in [6, 6.07) is 5.97. The largest absolute Gasteiger partial charge is 0.356 e. The minimum Gasteiger partial charge on any atom is -0.356 e. The van der Waals surface area contributed by atoms with E-state index < -0.39 is 0 Å². The number of piperidine rings is 1. The average molecular weight is 499 g/mol. The van der Waals surface area contributed by atoms with Crippen LogP contribution in [0.25, 0.3) is 5.65 Å². The van der Waals surface area contributed by atoms with E-state index in [2.05, 4.69) is 42.0 Å². The van der Waals surface area contributed by atoms with Gasteiger partial charge in [-0.15, -0.1) is 34.2 Å². The number of guanidine groups is 1. The zero-order valence-electron chi connectivity index (χ0n) is 17.1. The Morgan fingerprint density at radius 2 is 1.89 bits per heavy atom. The van der Waals surface area contributed by atoms with E-state index in [1.54, 1.807) is 0 Å². The number of nitrogens with one attached hydrogen (secondary N) is 2. The number of fused-ring (bicyclic) bond motifs is 1. The van der Waals surface area contributed by atoms with Gasteiger partial charge in [-0.2, -0.15) is 0 Å². The molecule has 1 fully saturated rings. The molecule has 0 spiro atoms. The van der Waals surface area contributed by atoms with Crippen LogP contribution in [-0.2, 0) is 6.42 Å². The molecule has 0 radical (unpaired) electrons. The fourth-order valence-corrected chi connectivity index (χ4v) is 3.53. The summed E-state index contributed by atoms with van der Waals surface area (Å²) in [5.41, 5.74) is 0.904. The molecule has 1 aliphatic heterocycles. The van der Waals surface area contributed by atoms with Gasteiger partial charge in [0.2, 0.25) is 0 Å². The zero-order chi connectivity index (χ0) is 18.9. The molecule has 2 aromatic heterocycles. The van der Waals surface area contributed by atoms with Crippen molar-refractivity contribution >= 4 is 35.6 Å². The van der Waals surface area contributed by atoms with Crippen LogP contribution in [0.3, 0.4) is 0 Å². The van der Waals surface area contributed by atoms with Gasteiger partial charge < -0.3 is 15.5 Å². The van der Waals surface area contributed by atoms with Crippen LogP contribution in [0, 0.1) is 5.92 Å². The van der Waals surface area contributed by atoms with Crippen LogP contribution < -0.4 is 10.6 Å². The summed E-state index contributed by atoms with van der Waals surface area (Å²) in [6.45, 7) is 7.87. The van der Waals surface area contributed by atoms with Gasteiger partial charge in [0.05, 0.1) is 0 Å². The number of aryl methyl sites for hydroxylation is 1. The molecule has 7 nitrogen and oxygen atoms in total. The van der Waals surface area contributed by atoms with E-state index in [4.69, 9.17) is 0 Å². The molecular weight excluding hydrogens is 465 g/mol. The van der Waals surface area contributed by atoms with Crippen LogP contribution in [0.1, 0.15) is 38.4 Å². The lowest BCUT2D eigenvalue weighted by molar-refractivity contribution is 0.191. The summed E-state index contributed by atoms with van der Waals surface area (Å²) in [7, 11) is 1.83. The van der Waals surface area contributed by atoms with E-state index in [1.165, 1.54) is 32.5 Å². The number of hydrogen-bond donors (Lipinski definition) is 2. The Bertz CT molecular complexity index is 722. The average Bonchev–Trinajstić information content (AvgIpc) is 3.11. The van der Waals surface area contributed by atoms with E-state index >= 15 is 0 Å². The molecule has 2 N–H and O–H groups in total. The lowest BCUT2D eigenvalue weighted by Gasteiger charge is -2.30. The second-order valence-electron chi connectivity index (χ2n) is 7.45. The highest BCUT2D eigenvalue weighted by Gasteiger charge is 2.14. The van der Waals surface area contributed by atoms with Gasteiger partial charge in [0, 0.05) is 32.8 Å². The molecule has 1 aliphatic rings. The molecule has 0 amide bonds. The first-order chi connectivity index (χ1) is 13.3. The number of rotatable bonds is 8. The molecule has 0 saturated carbocycles. The summed E-state index contributed by atoms with van der Waals surface area (Å²) < 4.78 is 2.05. The van der Waals surface area contributed by atoms with Gasteiger partial charge in [0.25, 0.3) is 0 Å². The number of pyridine rings is 1. The van der Waals surface area contributed by atoms with Crippen LogP contribution in [0.5, 0.6) is 0 Å². The number of hydrogen-bond acceptors (Lipinski definition) is 4. The summed E-state index contributed by atoms with van der Waals surface area (Å²) in [5, 5.41) is 15.3. The molecule has 0 unspecified atom stereocenters. The maximum Gasteiger partial charge on any atom is 0.190 e. The minimum atomic E-state index is 0. The molecule has 8 heteroatoms. The van der Waals surface area contributed by atoms with E-state index in [0.29, 0.717) is 0 Å². The third-order valence-corrected chi connectivity index (χ3v) is 5.30. The van der Waals surface area contributed by atoms with Gasteiger partial charge in [0.1, 0.15) is 5.82 Å². The lowest BCUT2D eigenvalue weighted by atomic mass is 9.99. The Morgan fingerprint density at radius 3 is 2.64 bits per heavy atom. The van der Waals surface area contributed by atoms with Crippen molar-refractivity contribution in [2.75, 3.05) is 39.8 Å². The highest BCUT2D eigenvalue weighted by Crippen LogP contribution is 2.15. The zero-order valence-corrected chi connectivity index (χ0v) is 19.4. The number of aliphatic imine (C=N–C) groups is 1. The molecule has 0 aliphatic carbocycles. The first-order valence-corrected chi connectivity index (χ1v) is 10.2. The molecule has 3 heterocycles. The number of likely N-dealkylation sites (tertiary alicyclic amines) is 1. The topological polar surface area (TPSA) is 69.8 Å². The molecule has 0 atom stereocenters. The quantitative estimate of drug-likeness (QED) is 0.253. The molecule has 156 valence electrons. The summed E-state index contributed by atoms with van der Waals surface area (Å²) in [6.07, 6.45) is 7.74. The maximum atomic E-state index is 4.31. The van der Waals surface area contributed by atoms with Crippen molar-refractivity contribution in [3.63, 3.8) is 0 Å². The van der Waals surface area contributed by atoms with Crippen molar-refractivity contribution in [3.8, 4) is 0 Å². The Kier molecular flexibility index (Phi) is 9.97. The normalized spacial score (nSPS) is 16.1. The van der Waals surface area contributed by atoms with E-state index in [9.17, 15) is 0 Å². The van der Waals surface area contributed by atoms with E-state index in [1.807, 2.05) is 31.4 Å². The first kappa shape index (κ1) is 22.9. The molecular formula is C20H34IN7. The Hall–Kier alpha value is -1.42. The van der Waals surface area contributed by atoms with Crippen LogP contribution >= 0.6 is 24.0 Å². The van der Waals surface area contributed by atoms with E-state index in [0.717, 1.165) is 55.7 Å². The fourth-order valence-electron chi connectivity index (χ4n) is 3.53. The Balaban J connectivity index is 0.00000280. The van der Waals surface area contributed by atoms with Gasteiger partial charge >= 0.3 is 0 Å². The predicted octanol–water partition coefficient (Wildman–Crippen LogP) is 2.57. The number of nitrogens with zero attached hydrogens (tertiary/aromatic N) is 5. The van der Waals surface area contributed by atoms with Crippen molar-refractivity contribution in [2.24, 2.45) is 10.9 Å². The fraction of sp³-hybridized carbons (Fsp3) is 0.650. The summed E-state index contributed by atoms with van der Waals surface area (Å²) in [5.74, 6) is 2.79. The van der Waals surface area contributed by atoms with Crippen LogP contribution in [0.4, 0.5) is 0 Å². The van der Waals surface area contributed by atoms with Crippen molar-refractivity contribution < 1.29 is 0 Å². The first-order valence-electron chi connectivity index (χ1n) is 10.2. The molecule has 1 saturated heterocycles. The second kappa shape index (κ2) is 12.2. The SMILES string of the molecule is CN=C(NCCCc1nnc2ccccn12)NCCCN1CCC(C)CC1.I. The predicted molar refractivity (Wildman–Crippen MR) is 126 cm³/mol. The highest BCUT2D eigenvalue weighted by atomic mass is 127. The molecule has 2 aromatic rings. The van der Waals surface area contributed by atoms with E-state index in [-0.39, 0.29) is 24.0 Å². The van der Waals surface area contributed by atoms with Gasteiger partial charge in [-0.25, -0.2) is 0 Å². The lowest BCUT2D eigenvalue weighted by Crippen LogP contribution is -2.40. The molecule has 0 bridgehead atoms. The smallest absolute Gasteiger partial charge is 0.190 e. The Morgan fingerprint density at radius 1 is 1.14 bits per heavy atom. The van der Waals surface area contributed by atoms with Gasteiger partial charge in [0.15, 0.2) is 11.6 Å². The standard InChI is InChI=1S/C20H33N7.HI/c1-17-9-15-26(16-10-17)13-6-12-23-20(21-2)22-11-5-8-19-25-24-18-7-3-4-14-27(18)19;/h3-4,7,14,17H,5-6,8-13,15-16H2,1-2H3,(H2,21,22,23);1H. The minimum absolute atomic E-state index is 0. The number of halogens is 1. The third-order valence-electron chi connectivity index (χ3n) is 5.30. The summed E-state index contributed by atoms with van der Waals surface area (Å²) in [4.78, 5) is 6.90. The Labute approximate surface area is 185 Å². The van der Waals surface area contributed by atoms with Crippen LogP contribution in [-0.4, -0.2) is 65.2 Å². The van der Waals surface area contributed by atoms with Gasteiger partial charge in [-0.3, -0.25) is 9.39 Å². The van der Waals surface area contributed by atoms with Crippen LogP contribution in [0.2, 0.25) is 0 Å². The molecule has 3 rings (SSSR count). The summed E-state index contributed by atoms with van der Waals surface area (Å²) >= 11 is 0. The van der Waals surface area contributed by atoms with Gasteiger partial charge in [-0.05, 0) is 63.4 Å². The monoisotopic (exact) mass is 499 g/mol. The van der Waals surface area contributed by atoms with Crippen molar-refractivity contribution in [1.82, 2.24) is 30.1 Å². The second-order valence-corrected chi connectivity index (χ2v) is 7.45. The van der Waals surface area contributed by atoms with Gasteiger partial charge in [-0.1, -0.05) is 13.0 Å².